The average molecular weight is 329 g/mol. The Bertz CT molecular complexity index is 743. The van der Waals surface area contributed by atoms with Gasteiger partial charge in [-0.15, -0.1) is 0 Å². The summed E-state index contributed by atoms with van der Waals surface area (Å²) in [6.45, 7) is 2.06. The molecule has 23 heavy (non-hydrogen) atoms. The second kappa shape index (κ2) is 6.42. The second-order valence-corrected chi connectivity index (χ2v) is 5.94. The number of nitrogens with zero attached hydrogens (tertiary/aromatic N) is 1. The Balaban J connectivity index is 1.79. The first-order valence-electron chi connectivity index (χ1n) is 7.56. The smallest absolute Gasteiger partial charge is 0.256 e. The number of carbonyl (C=O) groups is 2. The highest BCUT2D eigenvalue weighted by Crippen LogP contribution is 2.26. The minimum absolute atomic E-state index is 0.140. The van der Waals surface area contributed by atoms with Gasteiger partial charge in [0, 0.05) is 10.7 Å². The number of benzene rings is 2. The van der Waals surface area contributed by atoms with Crippen molar-refractivity contribution in [3.63, 3.8) is 0 Å². The predicted molar refractivity (Wildman–Crippen MR) is 91.8 cm³/mol. The van der Waals surface area contributed by atoms with Crippen LogP contribution >= 0.6 is 11.6 Å². The SMILES string of the molecule is CCc1ccc(N2C(=O)C[C@H](Nc3cccc(Cl)c3)C2=O)cc1. The quantitative estimate of drug-likeness (QED) is 0.872. The zero-order valence-corrected chi connectivity index (χ0v) is 13.5. The summed E-state index contributed by atoms with van der Waals surface area (Å²) in [5.74, 6) is -0.432. The zero-order valence-electron chi connectivity index (χ0n) is 12.8. The van der Waals surface area contributed by atoms with E-state index in [9.17, 15) is 9.59 Å². The van der Waals surface area contributed by atoms with Gasteiger partial charge in [-0.25, -0.2) is 4.90 Å². The molecule has 1 atom stereocenters. The van der Waals surface area contributed by atoms with Gasteiger partial charge in [-0.2, -0.15) is 0 Å². The van der Waals surface area contributed by atoms with Crippen molar-refractivity contribution in [2.24, 2.45) is 0 Å². The fourth-order valence-electron chi connectivity index (χ4n) is 2.68. The summed E-state index contributed by atoms with van der Waals surface area (Å²) in [6.07, 6.45) is 1.06. The molecule has 1 aliphatic heterocycles. The number of amides is 2. The minimum Gasteiger partial charge on any atom is -0.373 e. The number of halogens is 1. The van der Waals surface area contributed by atoms with E-state index in [0.717, 1.165) is 12.1 Å². The molecule has 4 nitrogen and oxygen atoms in total. The van der Waals surface area contributed by atoms with E-state index < -0.39 is 6.04 Å². The van der Waals surface area contributed by atoms with Crippen molar-refractivity contribution in [1.82, 2.24) is 0 Å². The van der Waals surface area contributed by atoms with Gasteiger partial charge in [-0.05, 0) is 42.3 Å². The second-order valence-electron chi connectivity index (χ2n) is 5.50. The molecule has 1 saturated heterocycles. The van der Waals surface area contributed by atoms with E-state index in [1.807, 2.05) is 30.3 Å². The van der Waals surface area contributed by atoms with E-state index in [1.54, 1.807) is 18.2 Å². The van der Waals surface area contributed by atoms with Crippen LogP contribution in [0.2, 0.25) is 5.02 Å². The Morgan fingerprint density at radius 1 is 1.17 bits per heavy atom. The van der Waals surface area contributed by atoms with Gasteiger partial charge in [-0.3, -0.25) is 9.59 Å². The zero-order chi connectivity index (χ0) is 16.4. The Labute approximate surface area is 140 Å². The normalized spacial score (nSPS) is 17.7. The van der Waals surface area contributed by atoms with Crippen LogP contribution in [0.25, 0.3) is 0 Å². The van der Waals surface area contributed by atoms with Crippen LogP contribution in [0.5, 0.6) is 0 Å². The van der Waals surface area contributed by atoms with Crippen molar-refractivity contribution in [1.29, 1.82) is 0 Å². The molecular weight excluding hydrogens is 312 g/mol. The molecule has 1 fully saturated rings. The highest BCUT2D eigenvalue weighted by atomic mass is 35.5. The van der Waals surface area contributed by atoms with Crippen molar-refractivity contribution < 1.29 is 9.59 Å². The first kappa shape index (κ1) is 15.6. The maximum Gasteiger partial charge on any atom is 0.256 e. The Morgan fingerprint density at radius 2 is 1.91 bits per heavy atom. The van der Waals surface area contributed by atoms with E-state index >= 15 is 0 Å². The number of rotatable bonds is 4. The summed E-state index contributed by atoms with van der Waals surface area (Å²) < 4.78 is 0. The molecule has 2 aromatic carbocycles. The summed E-state index contributed by atoms with van der Waals surface area (Å²) in [7, 11) is 0. The van der Waals surface area contributed by atoms with E-state index in [-0.39, 0.29) is 18.2 Å². The fourth-order valence-corrected chi connectivity index (χ4v) is 2.87. The lowest BCUT2D eigenvalue weighted by Gasteiger charge is -2.16. The summed E-state index contributed by atoms with van der Waals surface area (Å²) in [5.41, 5.74) is 2.51. The van der Waals surface area contributed by atoms with E-state index in [1.165, 1.54) is 10.5 Å². The van der Waals surface area contributed by atoms with Gasteiger partial charge in [0.05, 0.1) is 12.1 Å². The van der Waals surface area contributed by atoms with Crippen LogP contribution in [0.4, 0.5) is 11.4 Å². The summed E-state index contributed by atoms with van der Waals surface area (Å²) in [6, 6.07) is 14.1. The van der Waals surface area contributed by atoms with Crippen LogP contribution < -0.4 is 10.2 Å². The molecule has 118 valence electrons. The lowest BCUT2D eigenvalue weighted by Crippen LogP contribution is -2.34. The molecule has 0 unspecified atom stereocenters. The lowest BCUT2D eigenvalue weighted by molar-refractivity contribution is -0.121. The Morgan fingerprint density at radius 3 is 2.57 bits per heavy atom. The van der Waals surface area contributed by atoms with Crippen molar-refractivity contribution in [2.45, 2.75) is 25.8 Å². The first-order valence-corrected chi connectivity index (χ1v) is 7.94. The molecule has 2 aromatic rings. The molecular formula is C18H17ClN2O2. The van der Waals surface area contributed by atoms with E-state index in [2.05, 4.69) is 12.2 Å². The number of anilines is 2. The van der Waals surface area contributed by atoms with Gasteiger partial charge >= 0.3 is 0 Å². The predicted octanol–water partition coefficient (Wildman–Crippen LogP) is 3.65. The number of hydrogen-bond acceptors (Lipinski definition) is 3. The lowest BCUT2D eigenvalue weighted by atomic mass is 10.1. The average Bonchev–Trinajstić information content (AvgIpc) is 2.81. The standard InChI is InChI=1S/C18H17ClN2O2/c1-2-12-6-8-15(9-7-12)21-17(22)11-16(18(21)23)20-14-5-3-4-13(19)10-14/h3-10,16,20H,2,11H2,1H3/t16-/m0/s1. The number of nitrogens with one attached hydrogen (secondary N) is 1. The molecule has 0 saturated carbocycles. The third kappa shape index (κ3) is 3.22. The van der Waals surface area contributed by atoms with Crippen LogP contribution in [-0.4, -0.2) is 17.9 Å². The van der Waals surface area contributed by atoms with Crippen LogP contribution in [-0.2, 0) is 16.0 Å². The number of hydrogen-bond donors (Lipinski definition) is 1. The molecule has 2 amide bonds. The number of aryl methyl sites for hydroxylation is 1. The molecule has 0 radical (unpaired) electrons. The first-order chi connectivity index (χ1) is 11.1. The third-order valence-corrected chi connectivity index (χ3v) is 4.15. The van der Waals surface area contributed by atoms with E-state index in [4.69, 9.17) is 11.6 Å². The van der Waals surface area contributed by atoms with Crippen molar-refractivity contribution in [3.05, 3.63) is 59.1 Å². The monoisotopic (exact) mass is 328 g/mol. The number of carbonyl (C=O) groups excluding carboxylic acids is 2. The molecule has 1 heterocycles. The Hall–Kier alpha value is -2.33. The maximum absolute atomic E-state index is 12.6. The molecule has 0 bridgehead atoms. The summed E-state index contributed by atoms with van der Waals surface area (Å²) in [4.78, 5) is 26.1. The van der Waals surface area contributed by atoms with Gasteiger partial charge in [0.15, 0.2) is 0 Å². The summed E-state index contributed by atoms with van der Waals surface area (Å²) in [5, 5.41) is 3.67. The van der Waals surface area contributed by atoms with Gasteiger partial charge in [-0.1, -0.05) is 36.7 Å². The minimum atomic E-state index is -0.563. The highest BCUT2D eigenvalue weighted by Gasteiger charge is 2.39. The topological polar surface area (TPSA) is 49.4 Å². The maximum atomic E-state index is 12.6. The molecule has 5 heteroatoms. The van der Waals surface area contributed by atoms with Gasteiger partial charge in [0.2, 0.25) is 5.91 Å². The van der Waals surface area contributed by atoms with Gasteiger partial charge in [0.1, 0.15) is 6.04 Å². The molecule has 3 rings (SSSR count). The van der Waals surface area contributed by atoms with Crippen LogP contribution in [0, 0.1) is 0 Å². The molecule has 1 N–H and O–H groups in total. The van der Waals surface area contributed by atoms with E-state index in [0.29, 0.717) is 10.7 Å². The highest BCUT2D eigenvalue weighted by molar-refractivity contribution is 6.30. The molecule has 0 aliphatic carbocycles. The van der Waals surface area contributed by atoms with Crippen molar-refractivity contribution in [2.75, 3.05) is 10.2 Å². The molecule has 0 aromatic heterocycles. The largest absolute Gasteiger partial charge is 0.373 e. The van der Waals surface area contributed by atoms with Crippen LogP contribution in [0.3, 0.4) is 0 Å². The van der Waals surface area contributed by atoms with Crippen molar-refractivity contribution in [3.8, 4) is 0 Å². The van der Waals surface area contributed by atoms with Crippen molar-refractivity contribution >= 4 is 34.8 Å². The van der Waals surface area contributed by atoms with Gasteiger partial charge in [0.25, 0.3) is 5.91 Å². The van der Waals surface area contributed by atoms with Crippen LogP contribution in [0.1, 0.15) is 18.9 Å². The molecule has 1 aliphatic rings. The fraction of sp³-hybridized carbons (Fsp3) is 0.222. The molecule has 0 spiro atoms. The number of imide groups is 1. The third-order valence-electron chi connectivity index (χ3n) is 3.91. The van der Waals surface area contributed by atoms with Crippen LogP contribution in [0.15, 0.2) is 48.5 Å². The summed E-state index contributed by atoms with van der Waals surface area (Å²) >= 11 is 5.95. The van der Waals surface area contributed by atoms with Gasteiger partial charge < -0.3 is 5.32 Å². The Kier molecular flexibility index (Phi) is 4.35.